The van der Waals surface area contributed by atoms with E-state index in [0.717, 1.165) is 42.9 Å². The Morgan fingerprint density at radius 1 is 1.20 bits per heavy atom. The third-order valence-electron chi connectivity index (χ3n) is 5.06. The number of rotatable bonds is 4. The maximum Gasteiger partial charge on any atom is 0.223 e. The first kappa shape index (κ1) is 20.4. The molecule has 1 amide bonds. The van der Waals surface area contributed by atoms with Crippen LogP contribution in [0.1, 0.15) is 37.1 Å². The van der Waals surface area contributed by atoms with Crippen LogP contribution in [0.25, 0.3) is 10.2 Å². The summed E-state index contributed by atoms with van der Waals surface area (Å²) in [7, 11) is 0. The fourth-order valence-electron chi connectivity index (χ4n) is 3.94. The number of hydrogen-bond acceptors (Lipinski definition) is 4. The Kier molecular flexibility index (Phi) is 7.50. The second-order valence-electron chi connectivity index (χ2n) is 6.61. The highest BCUT2D eigenvalue weighted by molar-refractivity contribution is 7.18. The van der Waals surface area contributed by atoms with Gasteiger partial charge in [0.2, 0.25) is 5.91 Å². The van der Waals surface area contributed by atoms with E-state index in [1.165, 1.54) is 17.5 Å². The van der Waals surface area contributed by atoms with Crippen molar-refractivity contribution in [2.24, 2.45) is 0 Å². The number of thiazole rings is 1. The van der Waals surface area contributed by atoms with E-state index in [-0.39, 0.29) is 24.8 Å². The zero-order chi connectivity index (χ0) is 15.6. The van der Waals surface area contributed by atoms with Crippen LogP contribution in [0.3, 0.4) is 0 Å². The monoisotopic (exact) mass is 401 g/mol. The van der Waals surface area contributed by atoms with Crippen molar-refractivity contribution in [1.29, 1.82) is 0 Å². The van der Waals surface area contributed by atoms with Gasteiger partial charge in [0, 0.05) is 25.0 Å². The number of fused-ring (bicyclic) bond motifs is 3. The van der Waals surface area contributed by atoms with Crippen molar-refractivity contribution in [3.63, 3.8) is 0 Å². The predicted molar refractivity (Wildman–Crippen MR) is 108 cm³/mol. The molecule has 0 aliphatic carbocycles. The number of nitrogens with one attached hydrogen (secondary N) is 1. The summed E-state index contributed by atoms with van der Waals surface area (Å²) in [5.41, 5.74) is 1.08. The van der Waals surface area contributed by atoms with Crippen LogP contribution in [0.4, 0.5) is 0 Å². The zero-order valence-corrected chi connectivity index (χ0v) is 16.6. The molecule has 3 heterocycles. The van der Waals surface area contributed by atoms with Crippen LogP contribution in [0.2, 0.25) is 0 Å². The summed E-state index contributed by atoms with van der Waals surface area (Å²) in [4.78, 5) is 19.5. The first-order valence-electron chi connectivity index (χ1n) is 8.67. The molecule has 1 aromatic carbocycles. The van der Waals surface area contributed by atoms with E-state index < -0.39 is 0 Å². The first-order chi connectivity index (χ1) is 11.3. The summed E-state index contributed by atoms with van der Waals surface area (Å²) >= 11 is 1.76. The molecule has 2 saturated heterocycles. The van der Waals surface area contributed by atoms with E-state index in [9.17, 15) is 4.79 Å². The second kappa shape index (κ2) is 9.17. The second-order valence-corrected chi connectivity index (χ2v) is 7.72. The molecule has 1 N–H and O–H groups in total. The Bertz CT molecular complexity index is 661. The van der Waals surface area contributed by atoms with Gasteiger partial charge in [-0.25, -0.2) is 4.98 Å². The number of nitrogens with zero attached hydrogens (tertiary/aromatic N) is 2. The van der Waals surface area contributed by atoms with Crippen LogP contribution in [-0.4, -0.2) is 41.0 Å². The van der Waals surface area contributed by atoms with E-state index in [2.05, 4.69) is 33.4 Å². The largest absolute Gasteiger partial charge is 0.335 e. The summed E-state index contributed by atoms with van der Waals surface area (Å²) in [5.74, 6) is 0.349. The third kappa shape index (κ3) is 4.45. The minimum absolute atomic E-state index is 0. The Labute approximate surface area is 165 Å². The Hall–Kier alpha value is -0.880. The molecule has 4 nitrogen and oxygen atoms in total. The lowest BCUT2D eigenvalue weighted by Gasteiger charge is -2.28. The first-order valence-corrected chi connectivity index (χ1v) is 9.49. The molecule has 25 heavy (non-hydrogen) atoms. The van der Waals surface area contributed by atoms with E-state index in [0.29, 0.717) is 24.4 Å². The molecule has 2 aliphatic rings. The molecule has 0 radical (unpaired) electrons. The molecule has 2 fully saturated rings. The van der Waals surface area contributed by atoms with Crippen LogP contribution in [0, 0.1) is 0 Å². The fraction of sp³-hybridized carbons (Fsp3) is 0.556. The number of benzene rings is 1. The summed E-state index contributed by atoms with van der Waals surface area (Å²) in [6.07, 6.45) is 5.94. The molecule has 2 aliphatic heterocycles. The van der Waals surface area contributed by atoms with Gasteiger partial charge < -0.3 is 10.2 Å². The predicted octanol–water partition coefficient (Wildman–Crippen LogP) is 3.82. The van der Waals surface area contributed by atoms with Gasteiger partial charge in [-0.05, 0) is 50.8 Å². The molecule has 2 atom stereocenters. The molecule has 1 aromatic heterocycles. The number of hydrogen-bond donors (Lipinski definition) is 1. The minimum Gasteiger partial charge on any atom is -0.335 e. The Morgan fingerprint density at radius 2 is 2.00 bits per heavy atom. The summed E-state index contributed by atoms with van der Waals surface area (Å²) in [5, 5.41) is 4.61. The van der Waals surface area contributed by atoms with Crippen molar-refractivity contribution in [2.45, 2.75) is 50.6 Å². The van der Waals surface area contributed by atoms with Crippen molar-refractivity contribution >= 4 is 52.3 Å². The number of aromatic nitrogens is 1. The third-order valence-corrected chi connectivity index (χ3v) is 6.16. The van der Waals surface area contributed by atoms with E-state index in [1.807, 2.05) is 6.07 Å². The summed E-state index contributed by atoms with van der Waals surface area (Å²) < 4.78 is 1.24. The van der Waals surface area contributed by atoms with Crippen LogP contribution in [0.15, 0.2) is 24.3 Å². The summed E-state index contributed by atoms with van der Waals surface area (Å²) in [6, 6.07) is 9.16. The standard InChI is InChI=1S/C18H23N3OS.2ClH/c22-18(21-13-8-9-14(21)12-19-11-10-13)7-3-6-17-20-15-4-1-2-5-16(15)23-17;;/h1-2,4-5,13-14,19H,3,6-12H2;2*1H. The average molecular weight is 402 g/mol. The van der Waals surface area contributed by atoms with Gasteiger partial charge in [0.25, 0.3) is 0 Å². The number of carbonyl (C=O) groups is 1. The molecular formula is C18H25Cl2N3OS. The van der Waals surface area contributed by atoms with E-state index in [1.54, 1.807) is 11.3 Å². The highest BCUT2D eigenvalue weighted by Gasteiger charge is 2.37. The molecule has 2 bridgehead atoms. The molecule has 0 saturated carbocycles. The van der Waals surface area contributed by atoms with E-state index >= 15 is 0 Å². The quantitative estimate of drug-likeness (QED) is 0.846. The van der Waals surface area contributed by atoms with Crippen molar-refractivity contribution in [1.82, 2.24) is 15.2 Å². The number of halogens is 2. The topological polar surface area (TPSA) is 45.2 Å². The lowest BCUT2D eigenvalue weighted by Crippen LogP contribution is -2.42. The van der Waals surface area contributed by atoms with Crippen molar-refractivity contribution in [3.05, 3.63) is 29.3 Å². The van der Waals surface area contributed by atoms with Gasteiger partial charge in [0.05, 0.1) is 15.2 Å². The van der Waals surface area contributed by atoms with Crippen LogP contribution in [-0.2, 0) is 11.2 Å². The van der Waals surface area contributed by atoms with Crippen molar-refractivity contribution in [3.8, 4) is 0 Å². The summed E-state index contributed by atoms with van der Waals surface area (Å²) in [6.45, 7) is 2.02. The van der Waals surface area contributed by atoms with Gasteiger partial charge in [0.15, 0.2) is 0 Å². The number of carbonyl (C=O) groups excluding carboxylic acids is 1. The number of amides is 1. The minimum atomic E-state index is 0. The molecule has 4 rings (SSSR count). The van der Waals surface area contributed by atoms with Gasteiger partial charge >= 0.3 is 0 Å². The van der Waals surface area contributed by atoms with Gasteiger partial charge in [-0.2, -0.15) is 0 Å². The lowest BCUT2D eigenvalue weighted by molar-refractivity contribution is -0.133. The lowest BCUT2D eigenvalue weighted by atomic mass is 10.1. The maximum absolute atomic E-state index is 12.7. The Balaban J connectivity index is 0.00000113. The molecule has 2 unspecified atom stereocenters. The SMILES string of the molecule is Cl.Cl.O=C(CCCc1nc2ccccc2s1)N1C2CCNCC1CC2. The normalized spacial score (nSPS) is 22.2. The Morgan fingerprint density at radius 3 is 2.84 bits per heavy atom. The van der Waals surface area contributed by atoms with Gasteiger partial charge in [0.1, 0.15) is 0 Å². The smallest absolute Gasteiger partial charge is 0.223 e. The maximum atomic E-state index is 12.7. The molecule has 2 aromatic rings. The van der Waals surface area contributed by atoms with E-state index in [4.69, 9.17) is 0 Å². The number of para-hydroxylation sites is 1. The van der Waals surface area contributed by atoms with Crippen LogP contribution in [0.5, 0.6) is 0 Å². The van der Waals surface area contributed by atoms with Crippen molar-refractivity contribution < 1.29 is 4.79 Å². The molecule has 138 valence electrons. The average Bonchev–Trinajstić information content (AvgIpc) is 3.06. The van der Waals surface area contributed by atoms with Crippen LogP contribution < -0.4 is 5.32 Å². The molecule has 7 heteroatoms. The van der Waals surface area contributed by atoms with Crippen molar-refractivity contribution in [2.75, 3.05) is 13.1 Å². The number of aryl methyl sites for hydroxylation is 1. The fourth-order valence-corrected chi connectivity index (χ4v) is 4.95. The van der Waals surface area contributed by atoms with Gasteiger partial charge in [-0.15, -0.1) is 36.2 Å². The molecule has 0 spiro atoms. The van der Waals surface area contributed by atoms with Crippen LogP contribution >= 0.6 is 36.2 Å². The highest BCUT2D eigenvalue weighted by Crippen LogP contribution is 2.29. The van der Waals surface area contributed by atoms with Gasteiger partial charge in [-0.3, -0.25) is 4.79 Å². The zero-order valence-electron chi connectivity index (χ0n) is 14.1. The highest BCUT2D eigenvalue weighted by atomic mass is 35.5. The van der Waals surface area contributed by atoms with Gasteiger partial charge in [-0.1, -0.05) is 12.1 Å². The molecular weight excluding hydrogens is 377 g/mol.